The fraction of sp³-hybridized carbons (Fsp3) is 0.583. The zero-order chi connectivity index (χ0) is 12.3. The predicted octanol–water partition coefficient (Wildman–Crippen LogP) is 2.80. The molecule has 0 saturated heterocycles. The molecule has 0 radical (unpaired) electrons. The summed E-state index contributed by atoms with van der Waals surface area (Å²) in [5.74, 6) is 0.472. The molecule has 0 bridgehead atoms. The highest BCUT2D eigenvalue weighted by molar-refractivity contribution is 7.14. The minimum Gasteiger partial charge on any atom is -0.398 e. The third kappa shape index (κ3) is 2.98. The number of thiophene rings is 1. The summed E-state index contributed by atoms with van der Waals surface area (Å²) in [7, 11) is 0. The molecule has 0 aliphatic carbocycles. The Labute approximate surface area is 101 Å². The van der Waals surface area contributed by atoms with Crippen molar-refractivity contribution in [1.82, 2.24) is 5.32 Å². The lowest BCUT2D eigenvalue weighted by Crippen LogP contribution is -2.36. The SMILES string of the molecule is CCC(C)C(C)NC(=O)c1cc(N)c(C)s1. The molecule has 90 valence electrons. The van der Waals surface area contributed by atoms with Gasteiger partial charge in [-0.3, -0.25) is 4.79 Å². The van der Waals surface area contributed by atoms with Gasteiger partial charge in [-0.2, -0.15) is 0 Å². The molecular formula is C12H20N2OS. The summed E-state index contributed by atoms with van der Waals surface area (Å²) in [4.78, 5) is 13.6. The van der Waals surface area contributed by atoms with Gasteiger partial charge in [-0.25, -0.2) is 0 Å². The normalized spacial score (nSPS) is 14.5. The Morgan fingerprint density at radius 3 is 2.62 bits per heavy atom. The molecule has 2 unspecified atom stereocenters. The van der Waals surface area contributed by atoms with Crippen molar-refractivity contribution in [3.63, 3.8) is 0 Å². The van der Waals surface area contributed by atoms with Gasteiger partial charge < -0.3 is 11.1 Å². The topological polar surface area (TPSA) is 55.1 Å². The van der Waals surface area contributed by atoms with E-state index in [9.17, 15) is 4.79 Å². The van der Waals surface area contributed by atoms with Crippen LogP contribution in [-0.2, 0) is 0 Å². The second-order valence-corrected chi connectivity index (χ2v) is 5.53. The molecule has 0 aliphatic rings. The van der Waals surface area contributed by atoms with Crippen molar-refractivity contribution in [2.24, 2.45) is 5.92 Å². The highest BCUT2D eigenvalue weighted by Crippen LogP contribution is 2.23. The minimum atomic E-state index is -0.0161. The third-order valence-corrected chi connectivity index (χ3v) is 4.10. The van der Waals surface area contributed by atoms with Crippen LogP contribution >= 0.6 is 11.3 Å². The summed E-state index contributed by atoms with van der Waals surface area (Å²) in [6.07, 6.45) is 1.06. The van der Waals surface area contributed by atoms with E-state index < -0.39 is 0 Å². The first-order valence-corrected chi connectivity index (χ1v) is 6.44. The van der Waals surface area contributed by atoms with Crippen LogP contribution in [0.15, 0.2) is 6.07 Å². The maximum atomic E-state index is 11.9. The quantitative estimate of drug-likeness (QED) is 0.850. The lowest BCUT2D eigenvalue weighted by Gasteiger charge is -2.19. The third-order valence-electron chi connectivity index (χ3n) is 3.04. The number of nitrogens with two attached hydrogens (primary N) is 1. The van der Waals surface area contributed by atoms with Crippen LogP contribution in [0.5, 0.6) is 0 Å². The second kappa shape index (κ2) is 5.34. The summed E-state index contributed by atoms with van der Waals surface area (Å²) >= 11 is 1.45. The van der Waals surface area contributed by atoms with Crippen LogP contribution in [0.1, 0.15) is 41.7 Å². The first-order chi connectivity index (χ1) is 7.45. The van der Waals surface area contributed by atoms with Gasteiger partial charge in [-0.05, 0) is 25.8 Å². The van der Waals surface area contributed by atoms with Crippen molar-refractivity contribution < 1.29 is 4.79 Å². The van der Waals surface area contributed by atoms with E-state index in [4.69, 9.17) is 5.73 Å². The first-order valence-electron chi connectivity index (χ1n) is 5.62. The molecule has 0 aromatic carbocycles. The number of nitrogens with one attached hydrogen (secondary N) is 1. The molecule has 0 fully saturated rings. The van der Waals surface area contributed by atoms with E-state index in [1.807, 2.05) is 13.8 Å². The average molecular weight is 240 g/mol. The van der Waals surface area contributed by atoms with Crippen molar-refractivity contribution in [2.75, 3.05) is 5.73 Å². The van der Waals surface area contributed by atoms with Gasteiger partial charge in [0.25, 0.3) is 5.91 Å². The standard InChI is InChI=1S/C12H20N2OS/c1-5-7(2)8(3)14-12(15)11-6-10(13)9(4)16-11/h6-8H,5,13H2,1-4H3,(H,14,15). The Balaban J connectivity index is 2.65. The van der Waals surface area contributed by atoms with E-state index in [1.54, 1.807) is 6.07 Å². The highest BCUT2D eigenvalue weighted by atomic mass is 32.1. The molecule has 0 spiro atoms. The van der Waals surface area contributed by atoms with Crippen LogP contribution in [0.3, 0.4) is 0 Å². The van der Waals surface area contributed by atoms with E-state index in [1.165, 1.54) is 11.3 Å². The molecule has 0 saturated carbocycles. The summed E-state index contributed by atoms with van der Waals surface area (Å²) in [6.45, 7) is 8.23. The zero-order valence-corrected chi connectivity index (χ0v) is 11.1. The Hall–Kier alpha value is -1.03. The van der Waals surface area contributed by atoms with Crippen LogP contribution < -0.4 is 11.1 Å². The number of hydrogen-bond donors (Lipinski definition) is 2. The van der Waals surface area contributed by atoms with Crippen molar-refractivity contribution in [3.8, 4) is 0 Å². The van der Waals surface area contributed by atoms with Gasteiger partial charge in [0.05, 0.1) is 4.88 Å². The number of rotatable bonds is 4. The van der Waals surface area contributed by atoms with Crippen LogP contribution in [-0.4, -0.2) is 11.9 Å². The number of carbonyl (C=O) groups excluding carboxylic acids is 1. The second-order valence-electron chi connectivity index (χ2n) is 4.27. The number of amides is 1. The van der Waals surface area contributed by atoms with Gasteiger partial charge in [0.1, 0.15) is 0 Å². The fourth-order valence-electron chi connectivity index (χ4n) is 1.38. The summed E-state index contributed by atoms with van der Waals surface area (Å²) in [5.41, 5.74) is 6.43. The first kappa shape index (κ1) is 13.0. The molecule has 1 heterocycles. The Morgan fingerprint density at radius 1 is 1.56 bits per heavy atom. The fourth-order valence-corrected chi connectivity index (χ4v) is 2.23. The monoisotopic (exact) mass is 240 g/mol. The molecular weight excluding hydrogens is 220 g/mol. The minimum absolute atomic E-state index is 0.0161. The number of aryl methyl sites for hydroxylation is 1. The molecule has 1 amide bonds. The van der Waals surface area contributed by atoms with E-state index in [0.29, 0.717) is 16.5 Å². The Kier molecular flexibility index (Phi) is 4.35. The van der Waals surface area contributed by atoms with E-state index in [0.717, 1.165) is 11.3 Å². The molecule has 1 aromatic rings. The van der Waals surface area contributed by atoms with Crippen LogP contribution in [0, 0.1) is 12.8 Å². The smallest absolute Gasteiger partial charge is 0.261 e. The molecule has 1 aromatic heterocycles. The van der Waals surface area contributed by atoms with Crippen molar-refractivity contribution in [3.05, 3.63) is 15.8 Å². The van der Waals surface area contributed by atoms with E-state index in [-0.39, 0.29) is 11.9 Å². The van der Waals surface area contributed by atoms with Crippen molar-refractivity contribution >= 4 is 22.9 Å². The lowest BCUT2D eigenvalue weighted by atomic mass is 10.0. The highest BCUT2D eigenvalue weighted by Gasteiger charge is 2.16. The average Bonchev–Trinajstić information content (AvgIpc) is 2.58. The maximum Gasteiger partial charge on any atom is 0.261 e. The van der Waals surface area contributed by atoms with Gasteiger partial charge in [0.15, 0.2) is 0 Å². The van der Waals surface area contributed by atoms with Gasteiger partial charge >= 0.3 is 0 Å². The van der Waals surface area contributed by atoms with Gasteiger partial charge in [-0.15, -0.1) is 11.3 Å². The maximum absolute atomic E-state index is 11.9. The van der Waals surface area contributed by atoms with Gasteiger partial charge in [-0.1, -0.05) is 20.3 Å². The zero-order valence-electron chi connectivity index (χ0n) is 10.3. The number of nitrogen functional groups attached to an aromatic ring is 1. The molecule has 4 heteroatoms. The van der Waals surface area contributed by atoms with Gasteiger partial charge in [0.2, 0.25) is 0 Å². The number of hydrogen-bond acceptors (Lipinski definition) is 3. The van der Waals surface area contributed by atoms with E-state index in [2.05, 4.69) is 19.2 Å². The largest absolute Gasteiger partial charge is 0.398 e. The lowest BCUT2D eigenvalue weighted by molar-refractivity contribution is 0.0932. The van der Waals surface area contributed by atoms with Crippen molar-refractivity contribution in [1.29, 1.82) is 0 Å². The molecule has 1 rings (SSSR count). The van der Waals surface area contributed by atoms with Crippen LogP contribution in [0.2, 0.25) is 0 Å². The number of anilines is 1. The predicted molar refractivity (Wildman–Crippen MR) is 69.9 cm³/mol. The van der Waals surface area contributed by atoms with Crippen LogP contribution in [0.4, 0.5) is 5.69 Å². The summed E-state index contributed by atoms with van der Waals surface area (Å²) in [5, 5.41) is 3.00. The van der Waals surface area contributed by atoms with Crippen LogP contribution in [0.25, 0.3) is 0 Å². The molecule has 3 N–H and O–H groups in total. The summed E-state index contributed by atoms with van der Waals surface area (Å²) < 4.78 is 0. The molecule has 0 aliphatic heterocycles. The molecule has 2 atom stereocenters. The van der Waals surface area contributed by atoms with E-state index >= 15 is 0 Å². The van der Waals surface area contributed by atoms with Crippen molar-refractivity contribution in [2.45, 2.75) is 40.2 Å². The Morgan fingerprint density at radius 2 is 2.19 bits per heavy atom. The molecule has 3 nitrogen and oxygen atoms in total. The Bertz CT molecular complexity index is 354. The van der Waals surface area contributed by atoms with Gasteiger partial charge in [0, 0.05) is 16.6 Å². The number of carbonyl (C=O) groups is 1. The molecule has 16 heavy (non-hydrogen) atoms. The summed E-state index contributed by atoms with van der Waals surface area (Å²) in [6, 6.07) is 1.94.